The third-order valence-corrected chi connectivity index (χ3v) is 4.72. The minimum absolute atomic E-state index is 0.142. The van der Waals surface area contributed by atoms with E-state index < -0.39 is 5.97 Å². The zero-order chi connectivity index (χ0) is 19.5. The normalized spacial score (nSPS) is 11.2. The Morgan fingerprint density at radius 3 is 3.00 bits per heavy atom. The van der Waals surface area contributed by atoms with Gasteiger partial charge in [0, 0.05) is 17.8 Å². The van der Waals surface area contributed by atoms with Crippen molar-refractivity contribution in [3.05, 3.63) is 64.5 Å². The molecule has 0 fully saturated rings. The number of hydrogen-bond acceptors (Lipinski definition) is 8. The van der Waals surface area contributed by atoms with Gasteiger partial charge in [-0.05, 0) is 18.2 Å². The summed E-state index contributed by atoms with van der Waals surface area (Å²) in [6.45, 7) is 0. The lowest BCUT2D eigenvalue weighted by atomic mass is 10.2. The highest BCUT2D eigenvalue weighted by molar-refractivity contribution is 7.15. The molecule has 140 valence electrons. The maximum absolute atomic E-state index is 11.3. The number of para-hydroxylation sites is 1. The average molecular weight is 414 g/mol. The minimum Gasteiger partial charge on any atom is -0.478 e. The predicted octanol–water partition coefficient (Wildman–Crippen LogP) is 3.73. The number of aromatic carboxylic acids is 1. The van der Waals surface area contributed by atoms with Crippen LogP contribution in [-0.4, -0.2) is 36.6 Å². The van der Waals surface area contributed by atoms with E-state index in [4.69, 9.17) is 11.6 Å². The van der Waals surface area contributed by atoms with Crippen molar-refractivity contribution < 1.29 is 9.90 Å². The van der Waals surface area contributed by atoms with Gasteiger partial charge in [0.2, 0.25) is 5.95 Å². The number of anilines is 3. The number of aromatic nitrogens is 4. The molecule has 0 saturated carbocycles. The molecule has 28 heavy (non-hydrogen) atoms. The SMILES string of the molecule is O=C(O)c1ccccc1Nc1ccnc(N/N=C\c2c(Cl)nc3sccn23)n1. The van der Waals surface area contributed by atoms with Crippen LogP contribution in [0.5, 0.6) is 0 Å². The number of halogens is 1. The van der Waals surface area contributed by atoms with Crippen molar-refractivity contribution in [3.63, 3.8) is 0 Å². The molecule has 9 nitrogen and oxygen atoms in total. The summed E-state index contributed by atoms with van der Waals surface area (Å²) in [5.41, 5.74) is 3.93. The molecule has 0 spiro atoms. The van der Waals surface area contributed by atoms with Crippen LogP contribution < -0.4 is 10.7 Å². The smallest absolute Gasteiger partial charge is 0.337 e. The van der Waals surface area contributed by atoms with Gasteiger partial charge in [0.15, 0.2) is 10.1 Å². The second kappa shape index (κ2) is 7.62. The van der Waals surface area contributed by atoms with Crippen LogP contribution in [0.4, 0.5) is 17.5 Å². The van der Waals surface area contributed by atoms with E-state index >= 15 is 0 Å². The molecule has 0 unspecified atom stereocenters. The standard InChI is InChI=1S/C17H12ClN7O2S/c18-14-12(25-7-8-28-17(25)23-14)9-20-24-16-19-6-5-13(22-16)21-11-4-2-1-3-10(11)15(26)27/h1-9H,(H,26,27)(H2,19,21,22,24)/b20-9-. The van der Waals surface area contributed by atoms with Gasteiger partial charge in [-0.15, -0.1) is 11.3 Å². The molecule has 0 aliphatic carbocycles. The number of hydrogen-bond donors (Lipinski definition) is 3. The minimum atomic E-state index is -1.03. The average Bonchev–Trinajstić information content (AvgIpc) is 3.24. The Balaban J connectivity index is 1.51. The van der Waals surface area contributed by atoms with Crippen LogP contribution >= 0.6 is 22.9 Å². The van der Waals surface area contributed by atoms with Gasteiger partial charge in [-0.3, -0.25) is 4.40 Å². The first kappa shape index (κ1) is 17.9. The molecule has 3 heterocycles. The number of benzene rings is 1. The molecule has 3 N–H and O–H groups in total. The number of imidazole rings is 1. The summed E-state index contributed by atoms with van der Waals surface area (Å²) >= 11 is 7.58. The van der Waals surface area contributed by atoms with Gasteiger partial charge in [0.1, 0.15) is 11.5 Å². The van der Waals surface area contributed by atoms with Crippen molar-refractivity contribution in [2.24, 2.45) is 5.10 Å². The third-order valence-electron chi connectivity index (χ3n) is 3.68. The van der Waals surface area contributed by atoms with Crippen LogP contribution in [0.25, 0.3) is 4.96 Å². The topological polar surface area (TPSA) is 117 Å². The van der Waals surface area contributed by atoms with E-state index in [-0.39, 0.29) is 11.5 Å². The molecule has 0 atom stereocenters. The van der Waals surface area contributed by atoms with E-state index in [9.17, 15) is 9.90 Å². The lowest BCUT2D eigenvalue weighted by Crippen LogP contribution is -2.04. The molecule has 0 radical (unpaired) electrons. The molecule has 0 amide bonds. The van der Waals surface area contributed by atoms with Gasteiger partial charge in [0.25, 0.3) is 0 Å². The highest BCUT2D eigenvalue weighted by atomic mass is 35.5. The summed E-state index contributed by atoms with van der Waals surface area (Å²) in [4.78, 5) is 24.7. The highest BCUT2D eigenvalue weighted by Gasteiger charge is 2.10. The van der Waals surface area contributed by atoms with E-state index in [2.05, 4.69) is 30.8 Å². The van der Waals surface area contributed by atoms with Gasteiger partial charge in [0.05, 0.1) is 17.5 Å². The fourth-order valence-electron chi connectivity index (χ4n) is 2.44. The number of nitrogens with zero attached hydrogens (tertiary/aromatic N) is 5. The summed E-state index contributed by atoms with van der Waals surface area (Å²) in [5, 5.41) is 18.6. The second-order valence-corrected chi connectivity index (χ2v) is 6.69. The van der Waals surface area contributed by atoms with E-state index in [1.54, 1.807) is 24.3 Å². The van der Waals surface area contributed by atoms with Crippen molar-refractivity contribution in [1.82, 2.24) is 19.4 Å². The Labute approximate surface area is 167 Å². The Morgan fingerprint density at radius 2 is 2.14 bits per heavy atom. The van der Waals surface area contributed by atoms with Crippen molar-refractivity contribution in [2.75, 3.05) is 10.7 Å². The molecule has 0 bridgehead atoms. The fraction of sp³-hybridized carbons (Fsp3) is 0. The van der Waals surface area contributed by atoms with Gasteiger partial charge < -0.3 is 10.4 Å². The first-order valence-corrected chi connectivity index (χ1v) is 9.20. The van der Waals surface area contributed by atoms with Crippen molar-refractivity contribution in [2.45, 2.75) is 0 Å². The molecule has 0 aliphatic heterocycles. The van der Waals surface area contributed by atoms with Gasteiger partial charge in [-0.1, -0.05) is 23.7 Å². The molecule has 4 rings (SSSR count). The van der Waals surface area contributed by atoms with Gasteiger partial charge in [-0.2, -0.15) is 10.1 Å². The van der Waals surface area contributed by atoms with Crippen LogP contribution in [0.15, 0.2) is 53.2 Å². The van der Waals surface area contributed by atoms with Crippen LogP contribution in [0.3, 0.4) is 0 Å². The Bertz CT molecular complexity index is 1190. The number of rotatable bonds is 6. The van der Waals surface area contributed by atoms with Gasteiger partial charge in [-0.25, -0.2) is 20.2 Å². The number of carboxylic acid groups (broad SMARTS) is 1. The van der Waals surface area contributed by atoms with Crippen molar-refractivity contribution >= 4 is 57.5 Å². The largest absolute Gasteiger partial charge is 0.478 e. The lowest BCUT2D eigenvalue weighted by Gasteiger charge is -2.09. The second-order valence-electron chi connectivity index (χ2n) is 5.45. The summed E-state index contributed by atoms with van der Waals surface area (Å²) in [6.07, 6.45) is 4.90. The number of fused-ring (bicyclic) bond motifs is 1. The maximum Gasteiger partial charge on any atom is 0.337 e. The summed E-state index contributed by atoms with van der Waals surface area (Å²) < 4.78 is 1.82. The number of carbonyl (C=O) groups is 1. The van der Waals surface area contributed by atoms with Crippen LogP contribution in [0, 0.1) is 0 Å². The summed E-state index contributed by atoms with van der Waals surface area (Å²) in [5.74, 6) is -0.377. The van der Waals surface area contributed by atoms with Crippen molar-refractivity contribution in [3.8, 4) is 0 Å². The molecule has 4 aromatic rings. The Hall–Kier alpha value is -3.50. The Morgan fingerprint density at radius 1 is 1.29 bits per heavy atom. The summed E-state index contributed by atoms with van der Waals surface area (Å²) in [6, 6.07) is 8.18. The number of carboxylic acids is 1. The van der Waals surface area contributed by atoms with E-state index in [0.29, 0.717) is 22.4 Å². The zero-order valence-electron chi connectivity index (χ0n) is 14.1. The summed E-state index contributed by atoms with van der Waals surface area (Å²) in [7, 11) is 0. The first-order chi connectivity index (χ1) is 13.6. The van der Waals surface area contributed by atoms with E-state index in [1.807, 2.05) is 16.0 Å². The molecule has 1 aromatic carbocycles. The zero-order valence-corrected chi connectivity index (χ0v) is 15.6. The lowest BCUT2D eigenvalue weighted by molar-refractivity contribution is 0.0698. The number of hydrazone groups is 1. The van der Waals surface area contributed by atoms with Crippen LogP contribution in [0.2, 0.25) is 5.15 Å². The molecule has 11 heteroatoms. The third kappa shape index (κ3) is 3.63. The molecular formula is C17H12ClN7O2S. The maximum atomic E-state index is 11.3. The van der Waals surface area contributed by atoms with Crippen LogP contribution in [0.1, 0.15) is 16.1 Å². The van der Waals surface area contributed by atoms with Crippen molar-refractivity contribution in [1.29, 1.82) is 0 Å². The molecule has 0 aliphatic rings. The van der Waals surface area contributed by atoms with Gasteiger partial charge >= 0.3 is 5.97 Å². The number of thiazole rings is 1. The molecule has 3 aromatic heterocycles. The number of nitrogens with one attached hydrogen (secondary N) is 2. The van der Waals surface area contributed by atoms with E-state index in [1.165, 1.54) is 29.8 Å². The fourth-order valence-corrected chi connectivity index (χ4v) is 3.43. The molecular weight excluding hydrogens is 402 g/mol. The molecule has 0 saturated heterocycles. The first-order valence-electron chi connectivity index (χ1n) is 7.94. The predicted molar refractivity (Wildman–Crippen MR) is 108 cm³/mol. The van der Waals surface area contributed by atoms with E-state index in [0.717, 1.165) is 4.96 Å². The van der Waals surface area contributed by atoms with Crippen LogP contribution in [-0.2, 0) is 0 Å². The quantitative estimate of drug-likeness (QED) is 0.325. The highest BCUT2D eigenvalue weighted by Crippen LogP contribution is 2.21. The monoisotopic (exact) mass is 413 g/mol. The Kier molecular flexibility index (Phi) is 4.87.